The molecule has 0 aliphatic heterocycles. The zero-order valence-corrected chi connectivity index (χ0v) is 15.0. The molecule has 0 radical (unpaired) electrons. The standard InChI is InChI=1S/C19H24N2O4/c1-13-6-5-7-16(20-13)19(22)21-14(2)15-8-9-17(18(12-15)24-4)25-11-10-23-3/h5-9,12,14H,10-11H2,1-4H3,(H,21,22)/t14-/m1/s1. The zero-order chi connectivity index (χ0) is 18.2. The highest BCUT2D eigenvalue weighted by atomic mass is 16.5. The molecular weight excluding hydrogens is 320 g/mol. The van der Waals surface area contributed by atoms with Crippen LogP contribution in [0.1, 0.15) is 34.7 Å². The van der Waals surface area contributed by atoms with Crippen molar-refractivity contribution in [3.8, 4) is 11.5 Å². The number of pyridine rings is 1. The lowest BCUT2D eigenvalue weighted by molar-refractivity contribution is 0.0934. The summed E-state index contributed by atoms with van der Waals surface area (Å²) in [7, 11) is 3.21. The summed E-state index contributed by atoms with van der Waals surface area (Å²) in [5, 5.41) is 2.94. The summed E-state index contributed by atoms with van der Waals surface area (Å²) in [5.74, 6) is 1.04. The van der Waals surface area contributed by atoms with E-state index >= 15 is 0 Å². The monoisotopic (exact) mass is 344 g/mol. The second-order valence-corrected chi connectivity index (χ2v) is 5.61. The van der Waals surface area contributed by atoms with Gasteiger partial charge in [0.1, 0.15) is 12.3 Å². The van der Waals surface area contributed by atoms with E-state index in [4.69, 9.17) is 14.2 Å². The number of amides is 1. The first-order chi connectivity index (χ1) is 12.0. The Morgan fingerprint density at radius 3 is 2.64 bits per heavy atom. The van der Waals surface area contributed by atoms with E-state index in [0.717, 1.165) is 11.3 Å². The van der Waals surface area contributed by atoms with Crippen molar-refractivity contribution in [1.82, 2.24) is 10.3 Å². The van der Waals surface area contributed by atoms with Gasteiger partial charge < -0.3 is 19.5 Å². The Morgan fingerprint density at radius 1 is 1.16 bits per heavy atom. The second-order valence-electron chi connectivity index (χ2n) is 5.61. The molecule has 1 heterocycles. The van der Waals surface area contributed by atoms with Gasteiger partial charge in [0.05, 0.1) is 19.8 Å². The highest BCUT2D eigenvalue weighted by molar-refractivity contribution is 5.92. The van der Waals surface area contributed by atoms with Crippen LogP contribution in [0.4, 0.5) is 0 Å². The van der Waals surface area contributed by atoms with Crippen molar-refractivity contribution in [1.29, 1.82) is 0 Å². The van der Waals surface area contributed by atoms with Crippen LogP contribution in [-0.4, -0.2) is 38.3 Å². The van der Waals surface area contributed by atoms with Crippen LogP contribution in [0.15, 0.2) is 36.4 Å². The quantitative estimate of drug-likeness (QED) is 0.746. The van der Waals surface area contributed by atoms with Crippen LogP contribution in [0.25, 0.3) is 0 Å². The third kappa shape index (κ3) is 5.19. The number of ether oxygens (including phenoxy) is 3. The molecule has 25 heavy (non-hydrogen) atoms. The van der Waals surface area contributed by atoms with Crippen molar-refractivity contribution in [2.75, 3.05) is 27.4 Å². The maximum absolute atomic E-state index is 12.3. The van der Waals surface area contributed by atoms with E-state index in [-0.39, 0.29) is 11.9 Å². The SMILES string of the molecule is COCCOc1ccc([C@@H](C)NC(=O)c2cccc(C)n2)cc1OC. The number of nitrogens with zero attached hydrogens (tertiary/aromatic N) is 1. The Bertz CT molecular complexity index is 718. The zero-order valence-electron chi connectivity index (χ0n) is 15.0. The van der Waals surface area contributed by atoms with Crippen molar-refractivity contribution in [3.63, 3.8) is 0 Å². The van der Waals surface area contributed by atoms with Gasteiger partial charge in [-0.15, -0.1) is 0 Å². The Hall–Kier alpha value is -2.60. The number of methoxy groups -OCH3 is 2. The van der Waals surface area contributed by atoms with Gasteiger partial charge in [0.15, 0.2) is 11.5 Å². The molecule has 134 valence electrons. The van der Waals surface area contributed by atoms with Crippen LogP contribution < -0.4 is 14.8 Å². The van der Waals surface area contributed by atoms with Crippen LogP contribution >= 0.6 is 0 Å². The molecule has 0 saturated heterocycles. The fourth-order valence-electron chi connectivity index (χ4n) is 2.33. The summed E-state index contributed by atoms with van der Waals surface area (Å²) in [4.78, 5) is 16.6. The van der Waals surface area contributed by atoms with Crippen molar-refractivity contribution in [2.45, 2.75) is 19.9 Å². The molecule has 1 atom stereocenters. The average Bonchev–Trinajstić information content (AvgIpc) is 2.62. The number of hydrogen-bond donors (Lipinski definition) is 1. The normalized spacial score (nSPS) is 11.7. The number of hydrogen-bond acceptors (Lipinski definition) is 5. The highest BCUT2D eigenvalue weighted by Gasteiger charge is 2.15. The number of rotatable bonds is 8. The van der Waals surface area contributed by atoms with Crippen LogP contribution in [0.2, 0.25) is 0 Å². The van der Waals surface area contributed by atoms with Crippen molar-refractivity contribution in [3.05, 3.63) is 53.3 Å². The second kappa shape index (κ2) is 9.03. The van der Waals surface area contributed by atoms with Gasteiger partial charge in [-0.1, -0.05) is 12.1 Å². The van der Waals surface area contributed by atoms with E-state index in [1.54, 1.807) is 20.3 Å². The van der Waals surface area contributed by atoms with E-state index in [1.807, 2.05) is 44.2 Å². The lowest BCUT2D eigenvalue weighted by Crippen LogP contribution is -2.27. The molecule has 0 unspecified atom stereocenters. The molecule has 6 heteroatoms. The molecule has 0 aliphatic rings. The molecule has 2 aromatic rings. The Labute approximate surface area is 148 Å². The lowest BCUT2D eigenvalue weighted by atomic mass is 10.1. The first-order valence-electron chi connectivity index (χ1n) is 8.09. The first kappa shape index (κ1) is 18.7. The van der Waals surface area contributed by atoms with Gasteiger partial charge in [-0.2, -0.15) is 0 Å². The van der Waals surface area contributed by atoms with Crippen molar-refractivity contribution in [2.24, 2.45) is 0 Å². The van der Waals surface area contributed by atoms with Crippen LogP contribution in [0.3, 0.4) is 0 Å². The predicted molar refractivity (Wildman–Crippen MR) is 95.2 cm³/mol. The highest BCUT2D eigenvalue weighted by Crippen LogP contribution is 2.30. The van der Waals surface area contributed by atoms with Gasteiger partial charge in [-0.05, 0) is 43.7 Å². The summed E-state index contributed by atoms with van der Waals surface area (Å²) >= 11 is 0. The van der Waals surface area contributed by atoms with Gasteiger partial charge >= 0.3 is 0 Å². The lowest BCUT2D eigenvalue weighted by Gasteiger charge is -2.17. The minimum absolute atomic E-state index is 0.197. The Morgan fingerprint density at radius 2 is 1.96 bits per heavy atom. The molecule has 0 spiro atoms. The smallest absolute Gasteiger partial charge is 0.270 e. The average molecular weight is 344 g/mol. The maximum Gasteiger partial charge on any atom is 0.270 e. The first-order valence-corrected chi connectivity index (χ1v) is 8.09. The molecule has 0 bridgehead atoms. The summed E-state index contributed by atoms with van der Waals surface area (Å²) in [5.41, 5.74) is 2.12. The van der Waals surface area contributed by atoms with Gasteiger partial charge in [0, 0.05) is 12.8 Å². The summed E-state index contributed by atoms with van der Waals surface area (Å²) < 4.78 is 16.0. The Balaban J connectivity index is 2.08. The number of benzene rings is 1. The van der Waals surface area contributed by atoms with Gasteiger partial charge in [-0.25, -0.2) is 4.98 Å². The molecule has 2 rings (SSSR count). The molecule has 6 nitrogen and oxygen atoms in total. The third-order valence-corrected chi connectivity index (χ3v) is 3.70. The fraction of sp³-hybridized carbons (Fsp3) is 0.368. The summed E-state index contributed by atoms with van der Waals surface area (Å²) in [6.07, 6.45) is 0. The fourth-order valence-corrected chi connectivity index (χ4v) is 2.33. The minimum atomic E-state index is -0.212. The maximum atomic E-state index is 12.3. The van der Waals surface area contributed by atoms with Crippen molar-refractivity contribution < 1.29 is 19.0 Å². The largest absolute Gasteiger partial charge is 0.493 e. The molecule has 0 aliphatic carbocycles. The number of aryl methyl sites for hydroxylation is 1. The van der Waals surface area contributed by atoms with E-state index in [2.05, 4.69) is 10.3 Å². The van der Waals surface area contributed by atoms with E-state index in [0.29, 0.717) is 30.4 Å². The van der Waals surface area contributed by atoms with Gasteiger partial charge in [0.25, 0.3) is 5.91 Å². The molecular formula is C19H24N2O4. The topological polar surface area (TPSA) is 69.7 Å². The van der Waals surface area contributed by atoms with E-state index in [9.17, 15) is 4.79 Å². The Kier molecular flexibility index (Phi) is 6.77. The van der Waals surface area contributed by atoms with Crippen LogP contribution in [0.5, 0.6) is 11.5 Å². The molecule has 1 amide bonds. The van der Waals surface area contributed by atoms with Gasteiger partial charge in [0.2, 0.25) is 0 Å². The number of carbonyl (C=O) groups is 1. The third-order valence-electron chi connectivity index (χ3n) is 3.70. The predicted octanol–water partition coefficient (Wildman–Crippen LogP) is 2.91. The van der Waals surface area contributed by atoms with Crippen LogP contribution in [-0.2, 0) is 4.74 Å². The summed E-state index contributed by atoms with van der Waals surface area (Å²) in [6, 6.07) is 10.8. The number of nitrogens with one attached hydrogen (secondary N) is 1. The number of carbonyl (C=O) groups excluding carboxylic acids is 1. The van der Waals surface area contributed by atoms with Gasteiger partial charge in [-0.3, -0.25) is 4.79 Å². The molecule has 1 N–H and O–H groups in total. The minimum Gasteiger partial charge on any atom is -0.493 e. The van der Waals surface area contributed by atoms with E-state index < -0.39 is 0 Å². The number of aromatic nitrogens is 1. The molecule has 1 aromatic heterocycles. The van der Waals surface area contributed by atoms with E-state index in [1.165, 1.54) is 0 Å². The molecule has 0 saturated carbocycles. The molecule has 0 fully saturated rings. The van der Waals surface area contributed by atoms with Crippen molar-refractivity contribution >= 4 is 5.91 Å². The van der Waals surface area contributed by atoms with Crippen LogP contribution in [0, 0.1) is 6.92 Å². The summed E-state index contributed by atoms with van der Waals surface area (Å²) in [6.45, 7) is 4.71. The molecule has 1 aromatic carbocycles.